The average Bonchev–Trinajstić information content (AvgIpc) is 3.25. The zero-order chi connectivity index (χ0) is 21.6. The molecule has 0 saturated heterocycles. The smallest absolute Gasteiger partial charge is 0.296 e. The first kappa shape index (κ1) is 20.3. The molecule has 7 nitrogen and oxygen atoms in total. The Bertz CT molecular complexity index is 1190. The molecule has 0 radical (unpaired) electrons. The first-order valence-electron chi connectivity index (χ1n) is 10.1. The standard InChI is InChI=1S/C24H23N5O2/c1-3-31-19-10-9-16(2)20(15-19)18-11-12-25-21(14-18)27-24(30)23-26-22(28-29-23)13-17-7-5-4-6-8-17/h4-12,14-15H,3,13H2,1-2H3,(H,25,27,30)(H,26,28,29). The lowest BCUT2D eigenvalue weighted by Crippen LogP contribution is -2.14. The van der Waals surface area contributed by atoms with Gasteiger partial charge >= 0.3 is 0 Å². The van der Waals surface area contributed by atoms with Crippen LogP contribution < -0.4 is 10.1 Å². The molecule has 2 heterocycles. The maximum atomic E-state index is 12.6. The van der Waals surface area contributed by atoms with Crippen LogP contribution in [0.15, 0.2) is 66.9 Å². The second-order valence-electron chi connectivity index (χ2n) is 7.06. The minimum absolute atomic E-state index is 0.0765. The summed E-state index contributed by atoms with van der Waals surface area (Å²) in [6.07, 6.45) is 2.24. The summed E-state index contributed by atoms with van der Waals surface area (Å²) in [5.74, 6) is 1.52. The van der Waals surface area contributed by atoms with Crippen molar-refractivity contribution in [1.29, 1.82) is 0 Å². The number of carbonyl (C=O) groups excluding carboxylic acids is 1. The van der Waals surface area contributed by atoms with Gasteiger partial charge in [-0.2, -0.15) is 0 Å². The Hall–Kier alpha value is -4.00. The van der Waals surface area contributed by atoms with Crippen LogP contribution in [-0.2, 0) is 6.42 Å². The molecule has 0 aliphatic rings. The number of ether oxygens (including phenoxy) is 1. The van der Waals surface area contributed by atoms with Crippen molar-refractivity contribution in [3.63, 3.8) is 0 Å². The predicted octanol–water partition coefficient (Wildman–Crippen LogP) is 4.42. The number of aromatic nitrogens is 4. The van der Waals surface area contributed by atoms with Crippen molar-refractivity contribution in [1.82, 2.24) is 20.2 Å². The van der Waals surface area contributed by atoms with E-state index < -0.39 is 5.91 Å². The van der Waals surface area contributed by atoms with Gasteiger partial charge in [0.05, 0.1) is 6.61 Å². The van der Waals surface area contributed by atoms with Gasteiger partial charge in [0.25, 0.3) is 5.91 Å². The zero-order valence-electron chi connectivity index (χ0n) is 17.4. The summed E-state index contributed by atoms with van der Waals surface area (Å²) in [5, 5.41) is 9.65. The van der Waals surface area contributed by atoms with E-state index in [4.69, 9.17) is 4.74 Å². The molecule has 1 amide bonds. The normalized spacial score (nSPS) is 10.6. The van der Waals surface area contributed by atoms with Gasteiger partial charge in [-0.05, 0) is 60.4 Å². The molecular weight excluding hydrogens is 390 g/mol. The van der Waals surface area contributed by atoms with Gasteiger partial charge in [-0.1, -0.05) is 36.4 Å². The zero-order valence-corrected chi connectivity index (χ0v) is 17.4. The number of H-pyrrole nitrogens is 1. The Morgan fingerprint density at radius 1 is 1.10 bits per heavy atom. The third-order valence-electron chi connectivity index (χ3n) is 4.78. The fourth-order valence-corrected chi connectivity index (χ4v) is 3.27. The molecule has 0 saturated carbocycles. The number of carbonyl (C=O) groups is 1. The van der Waals surface area contributed by atoms with Gasteiger partial charge in [0.1, 0.15) is 17.4 Å². The van der Waals surface area contributed by atoms with Gasteiger partial charge in [0.2, 0.25) is 5.82 Å². The van der Waals surface area contributed by atoms with E-state index in [-0.39, 0.29) is 5.82 Å². The van der Waals surface area contributed by atoms with Crippen molar-refractivity contribution in [3.05, 3.63) is 89.6 Å². The number of anilines is 1. The van der Waals surface area contributed by atoms with E-state index in [1.165, 1.54) is 0 Å². The van der Waals surface area contributed by atoms with Gasteiger partial charge in [-0.15, -0.1) is 5.10 Å². The van der Waals surface area contributed by atoms with Crippen LogP contribution in [0.2, 0.25) is 0 Å². The average molecular weight is 413 g/mol. The Morgan fingerprint density at radius 3 is 2.74 bits per heavy atom. The van der Waals surface area contributed by atoms with Crippen molar-refractivity contribution >= 4 is 11.7 Å². The number of amides is 1. The van der Waals surface area contributed by atoms with E-state index in [1.54, 1.807) is 6.20 Å². The number of aryl methyl sites for hydroxylation is 1. The van der Waals surface area contributed by atoms with Crippen LogP contribution in [0.4, 0.5) is 5.82 Å². The highest BCUT2D eigenvalue weighted by Gasteiger charge is 2.14. The summed E-state index contributed by atoms with van der Waals surface area (Å²) in [5.41, 5.74) is 4.15. The number of aromatic amines is 1. The van der Waals surface area contributed by atoms with Crippen LogP contribution >= 0.6 is 0 Å². The summed E-state index contributed by atoms with van der Waals surface area (Å²) >= 11 is 0. The van der Waals surface area contributed by atoms with Crippen molar-refractivity contribution < 1.29 is 9.53 Å². The minimum atomic E-state index is -0.417. The van der Waals surface area contributed by atoms with E-state index in [1.807, 2.05) is 74.5 Å². The Balaban J connectivity index is 1.49. The number of hydrogen-bond donors (Lipinski definition) is 2. The Labute approximate surface area is 180 Å². The topological polar surface area (TPSA) is 92.8 Å². The third-order valence-corrected chi connectivity index (χ3v) is 4.78. The van der Waals surface area contributed by atoms with E-state index in [0.29, 0.717) is 24.7 Å². The largest absolute Gasteiger partial charge is 0.494 e. The molecule has 7 heteroatoms. The number of rotatable bonds is 7. The van der Waals surface area contributed by atoms with Gasteiger partial charge in [-0.3, -0.25) is 9.89 Å². The van der Waals surface area contributed by atoms with Gasteiger partial charge < -0.3 is 10.1 Å². The molecule has 31 heavy (non-hydrogen) atoms. The quantitative estimate of drug-likeness (QED) is 0.468. The number of nitrogens with zero attached hydrogens (tertiary/aromatic N) is 3. The van der Waals surface area contributed by atoms with Crippen molar-refractivity contribution in [2.24, 2.45) is 0 Å². The highest BCUT2D eigenvalue weighted by molar-refractivity contribution is 6.01. The minimum Gasteiger partial charge on any atom is -0.494 e. The van der Waals surface area contributed by atoms with Crippen LogP contribution in [0, 0.1) is 6.92 Å². The second kappa shape index (κ2) is 9.21. The molecule has 4 rings (SSSR count). The molecule has 2 N–H and O–H groups in total. The SMILES string of the molecule is CCOc1ccc(C)c(-c2ccnc(NC(=O)c3n[nH]c(Cc4ccccc4)n3)c2)c1. The number of benzene rings is 2. The summed E-state index contributed by atoms with van der Waals surface area (Å²) in [4.78, 5) is 21.2. The molecule has 2 aromatic carbocycles. The fraction of sp³-hybridized carbons (Fsp3) is 0.167. The number of hydrogen-bond acceptors (Lipinski definition) is 5. The summed E-state index contributed by atoms with van der Waals surface area (Å²) in [6.45, 7) is 4.59. The molecule has 0 aliphatic heterocycles. The van der Waals surface area contributed by atoms with Crippen LogP contribution in [0.3, 0.4) is 0 Å². The van der Waals surface area contributed by atoms with Gasteiger partial charge in [0.15, 0.2) is 0 Å². The maximum absolute atomic E-state index is 12.6. The first-order valence-corrected chi connectivity index (χ1v) is 10.1. The monoisotopic (exact) mass is 413 g/mol. The molecule has 0 aliphatic carbocycles. The first-order chi connectivity index (χ1) is 15.1. The van der Waals surface area contributed by atoms with E-state index >= 15 is 0 Å². The summed E-state index contributed by atoms with van der Waals surface area (Å²) in [6, 6.07) is 19.6. The van der Waals surface area contributed by atoms with Crippen molar-refractivity contribution in [2.45, 2.75) is 20.3 Å². The lowest BCUT2D eigenvalue weighted by molar-refractivity contribution is 0.101. The van der Waals surface area contributed by atoms with Gasteiger partial charge in [-0.25, -0.2) is 9.97 Å². The van der Waals surface area contributed by atoms with E-state index in [0.717, 1.165) is 28.0 Å². The van der Waals surface area contributed by atoms with Crippen LogP contribution in [0.25, 0.3) is 11.1 Å². The fourth-order valence-electron chi connectivity index (χ4n) is 3.27. The molecule has 0 atom stereocenters. The molecule has 0 fully saturated rings. The molecule has 0 spiro atoms. The van der Waals surface area contributed by atoms with Crippen molar-refractivity contribution in [3.8, 4) is 16.9 Å². The van der Waals surface area contributed by atoms with Gasteiger partial charge in [0, 0.05) is 12.6 Å². The van der Waals surface area contributed by atoms with E-state index in [2.05, 4.69) is 25.5 Å². The molecule has 0 unspecified atom stereocenters. The van der Waals surface area contributed by atoms with Crippen LogP contribution in [-0.4, -0.2) is 32.7 Å². The second-order valence-corrected chi connectivity index (χ2v) is 7.06. The summed E-state index contributed by atoms with van der Waals surface area (Å²) < 4.78 is 5.62. The molecule has 4 aromatic rings. The molecule has 2 aromatic heterocycles. The molecular formula is C24H23N5O2. The predicted molar refractivity (Wildman–Crippen MR) is 119 cm³/mol. The van der Waals surface area contributed by atoms with E-state index in [9.17, 15) is 4.79 Å². The van der Waals surface area contributed by atoms with Crippen LogP contribution in [0.5, 0.6) is 5.75 Å². The van der Waals surface area contributed by atoms with Crippen LogP contribution in [0.1, 0.15) is 34.5 Å². The number of pyridine rings is 1. The lowest BCUT2D eigenvalue weighted by Gasteiger charge is -2.11. The number of nitrogens with one attached hydrogen (secondary N) is 2. The third kappa shape index (κ3) is 4.95. The Morgan fingerprint density at radius 2 is 1.94 bits per heavy atom. The van der Waals surface area contributed by atoms with Crippen molar-refractivity contribution in [2.75, 3.05) is 11.9 Å². The lowest BCUT2D eigenvalue weighted by atomic mass is 10.0. The highest BCUT2D eigenvalue weighted by atomic mass is 16.5. The molecule has 156 valence electrons. The molecule has 0 bridgehead atoms. The highest BCUT2D eigenvalue weighted by Crippen LogP contribution is 2.28. The maximum Gasteiger partial charge on any atom is 0.296 e. The summed E-state index contributed by atoms with van der Waals surface area (Å²) in [7, 11) is 0. The Kier molecular flexibility index (Phi) is 6.03.